The molecule has 1 amide bonds. The number of carbonyl (C=O) groups excluding carboxylic acids is 1. The molecule has 2 rings (SSSR count). The quantitative estimate of drug-likeness (QED) is 0.831. The van der Waals surface area contributed by atoms with E-state index in [0.29, 0.717) is 12.5 Å². The third-order valence-corrected chi connectivity index (χ3v) is 4.25. The molecule has 3 N–H and O–H groups in total. The number of hydrogen-bond donors (Lipinski definition) is 2. The summed E-state index contributed by atoms with van der Waals surface area (Å²) in [5, 5.41) is 3.01. The molecule has 0 bridgehead atoms. The number of rotatable bonds is 6. The second-order valence-corrected chi connectivity index (χ2v) is 6.39. The highest BCUT2D eigenvalue weighted by Crippen LogP contribution is 2.23. The molecule has 2 unspecified atom stereocenters. The van der Waals surface area contributed by atoms with Crippen molar-refractivity contribution in [3.8, 4) is 0 Å². The molecule has 3 nitrogen and oxygen atoms in total. The minimum absolute atomic E-state index is 0. The number of nitrogens with two attached hydrogens (primary N) is 1. The van der Waals surface area contributed by atoms with Gasteiger partial charge in [-0.1, -0.05) is 74.0 Å². The maximum atomic E-state index is 12.4. The Bertz CT molecular complexity index is 626. The minimum atomic E-state index is -0.626. The van der Waals surface area contributed by atoms with Crippen molar-refractivity contribution in [2.45, 2.75) is 32.7 Å². The second-order valence-electron chi connectivity index (χ2n) is 6.39. The molecule has 2 aromatic carbocycles. The SMILES string of the molecule is Cc1ccc(C(N)C(=O)NCC(c2ccccc2)C(C)C)cc1.Cl. The van der Waals surface area contributed by atoms with Crippen LogP contribution in [0.3, 0.4) is 0 Å². The summed E-state index contributed by atoms with van der Waals surface area (Å²) in [5.41, 5.74) is 9.32. The van der Waals surface area contributed by atoms with Crippen molar-refractivity contribution in [3.05, 3.63) is 71.3 Å². The van der Waals surface area contributed by atoms with Gasteiger partial charge in [0.15, 0.2) is 0 Å². The van der Waals surface area contributed by atoms with Crippen LogP contribution in [0.1, 0.15) is 42.5 Å². The molecule has 0 radical (unpaired) electrons. The van der Waals surface area contributed by atoms with Crippen molar-refractivity contribution in [2.75, 3.05) is 6.54 Å². The fourth-order valence-electron chi connectivity index (χ4n) is 2.68. The Morgan fingerprint density at radius 3 is 2.12 bits per heavy atom. The van der Waals surface area contributed by atoms with Gasteiger partial charge in [0, 0.05) is 12.5 Å². The molecule has 4 heteroatoms. The van der Waals surface area contributed by atoms with E-state index in [0.717, 1.165) is 11.1 Å². The van der Waals surface area contributed by atoms with Crippen LogP contribution in [0.2, 0.25) is 0 Å². The van der Waals surface area contributed by atoms with Crippen LogP contribution < -0.4 is 11.1 Å². The second kappa shape index (κ2) is 9.45. The Morgan fingerprint density at radius 2 is 1.58 bits per heavy atom. The van der Waals surface area contributed by atoms with Gasteiger partial charge in [-0.05, 0) is 24.0 Å². The molecule has 24 heavy (non-hydrogen) atoms. The molecule has 0 aliphatic carbocycles. The average molecular weight is 347 g/mol. The van der Waals surface area contributed by atoms with Gasteiger partial charge in [0.05, 0.1) is 0 Å². The maximum Gasteiger partial charge on any atom is 0.241 e. The van der Waals surface area contributed by atoms with Gasteiger partial charge in [0.1, 0.15) is 6.04 Å². The van der Waals surface area contributed by atoms with Crippen LogP contribution in [0.15, 0.2) is 54.6 Å². The van der Waals surface area contributed by atoms with Crippen LogP contribution in [0, 0.1) is 12.8 Å². The topological polar surface area (TPSA) is 55.1 Å². The lowest BCUT2D eigenvalue weighted by molar-refractivity contribution is -0.122. The van der Waals surface area contributed by atoms with E-state index in [2.05, 4.69) is 31.3 Å². The first-order chi connectivity index (χ1) is 11.0. The Balaban J connectivity index is 0.00000288. The number of aryl methyl sites for hydroxylation is 1. The van der Waals surface area contributed by atoms with Crippen LogP contribution in [0.4, 0.5) is 0 Å². The summed E-state index contributed by atoms with van der Waals surface area (Å²) in [6, 6.07) is 17.4. The Morgan fingerprint density at radius 1 is 1.00 bits per heavy atom. The van der Waals surface area contributed by atoms with Crippen LogP contribution in [-0.2, 0) is 4.79 Å². The van der Waals surface area contributed by atoms with Gasteiger partial charge in [-0.25, -0.2) is 0 Å². The molecule has 2 aromatic rings. The first-order valence-electron chi connectivity index (χ1n) is 8.14. The van der Waals surface area contributed by atoms with Crippen LogP contribution in [-0.4, -0.2) is 12.5 Å². The molecule has 0 aliphatic rings. The van der Waals surface area contributed by atoms with E-state index >= 15 is 0 Å². The summed E-state index contributed by atoms with van der Waals surface area (Å²) in [7, 11) is 0. The van der Waals surface area contributed by atoms with Crippen molar-refractivity contribution in [1.29, 1.82) is 0 Å². The van der Waals surface area contributed by atoms with Crippen molar-refractivity contribution in [3.63, 3.8) is 0 Å². The first kappa shape index (κ1) is 20.2. The smallest absolute Gasteiger partial charge is 0.241 e. The highest BCUT2D eigenvalue weighted by Gasteiger charge is 2.20. The zero-order valence-corrected chi connectivity index (χ0v) is 15.3. The molecule has 0 spiro atoms. The van der Waals surface area contributed by atoms with Crippen molar-refractivity contribution < 1.29 is 4.79 Å². The summed E-state index contributed by atoms with van der Waals surface area (Å²) in [5.74, 6) is 0.592. The molecular weight excluding hydrogens is 320 g/mol. The molecule has 0 saturated carbocycles. The van der Waals surface area contributed by atoms with Crippen LogP contribution in [0.5, 0.6) is 0 Å². The fraction of sp³-hybridized carbons (Fsp3) is 0.350. The van der Waals surface area contributed by atoms with Crippen molar-refractivity contribution >= 4 is 18.3 Å². The summed E-state index contributed by atoms with van der Waals surface area (Å²) in [6.07, 6.45) is 0. The molecule has 0 saturated heterocycles. The minimum Gasteiger partial charge on any atom is -0.354 e. The number of hydrogen-bond acceptors (Lipinski definition) is 2. The van der Waals surface area contributed by atoms with E-state index < -0.39 is 6.04 Å². The van der Waals surface area contributed by atoms with Gasteiger partial charge < -0.3 is 11.1 Å². The zero-order valence-electron chi connectivity index (χ0n) is 14.5. The summed E-state index contributed by atoms with van der Waals surface area (Å²) >= 11 is 0. The number of carbonyl (C=O) groups is 1. The van der Waals surface area contributed by atoms with E-state index in [1.807, 2.05) is 49.4 Å². The highest BCUT2D eigenvalue weighted by atomic mass is 35.5. The first-order valence-corrected chi connectivity index (χ1v) is 8.14. The number of amides is 1. The molecule has 0 fully saturated rings. The standard InChI is InChI=1S/C20H26N2O.ClH/c1-14(2)18(16-7-5-4-6-8-16)13-22-20(23)19(21)17-11-9-15(3)10-12-17;/h4-12,14,18-19H,13,21H2,1-3H3,(H,22,23);1H. The molecule has 2 atom stereocenters. The number of benzene rings is 2. The number of nitrogens with one attached hydrogen (secondary N) is 1. The summed E-state index contributed by atoms with van der Waals surface area (Å²) in [4.78, 5) is 12.4. The number of halogens is 1. The third kappa shape index (κ3) is 5.36. The molecule has 130 valence electrons. The predicted molar refractivity (Wildman–Crippen MR) is 102 cm³/mol. The van der Waals surface area contributed by atoms with E-state index in [4.69, 9.17) is 5.73 Å². The lowest BCUT2D eigenvalue weighted by Gasteiger charge is -2.23. The van der Waals surface area contributed by atoms with Gasteiger partial charge in [-0.2, -0.15) is 0 Å². The summed E-state index contributed by atoms with van der Waals surface area (Å²) < 4.78 is 0. The van der Waals surface area contributed by atoms with Crippen molar-refractivity contribution in [1.82, 2.24) is 5.32 Å². The molecular formula is C20H27ClN2O. The maximum absolute atomic E-state index is 12.4. The van der Waals surface area contributed by atoms with Crippen LogP contribution in [0.25, 0.3) is 0 Å². The highest BCUT2D eigenvalue weighted by molar-refractivity contribution is 5.85. The molecule has 0 heterocycles. The summed E-state index contributed by atoms with van der Waals surface area (Å²) in [6.45, 7) is 6.95. The van der Waals surface area contributed by atoms with Gasteiger partial charge in [-0.15, -0.1) is 12.4 Å². The monoisotopic (exact) mass is 346 g/mol. The van der Waals surface area contributed by atoms with Gasteiger partial charge >= 0.3 is 0 Å². The average Bonchev–Trinajstić information content (AvgIpc) is 2.55. The van der Waals surface area contributed by atoms with Gasteiger partial charge in [0.25, 0.3) is 0 Å². The normalized spacial score (nSPS) is 13.0. The largest absolute Gasteiger partial charge is 0.354 e. The third-order valence-electron chi connectivity index (χ3n) is 4.25. The van der Waals surface area contributed by atoms with E-state index in [9.17, 15) is 4.79 Å². The van der Waals surface area contributed by atoms with E-state index in [-0.39, 0.29) is 24.2 Å². The van der Waals surface area contributed by atoms with Crippen molar-refractivity contribution in [2.24, 2.45) is 11.7 Å². The van der Waals surface area contributed by atoms with E-state index in [1.165, 1.54) is 5.56 Å². The predicted octanol–water partition coefficient (Wildman–Crippen LogP) is 3.97. The lowest BCUT2D eigenvalue weighted by Crippen LogP contribution is -2.37. The molecule has 0 aliphatic heterocycles. The van der Waals surface area contributed by atoms with Crippen LogP contribution >= 0.6 is 12.4 Å². The van der Waals surface area contributed by atoms with Gasteiger partial charge in [0.2, 0.25) is 5.91 Å². The fourth-order valence-corrected chi connectivity index (χ4v) is 2.68. The molecule has 0 aromatic heterocycles. The Kier molecular flexibility index (Phi) is 7.96. The van der Waals surface area contributed by atoms with E-state index in [1.54, 1.807) is 0 Å². The van der Waals surface area contributed by atoms with Gasteiger partial charge in [-0.3, -0.25) is 4.79 Å². The lowest BCUT2D eigenvalue weighted by atomic mass is 9.88. The Hall–Kier alpha value is -1.84. The Labute approximate surface area is 151 Å². The zero-order chi connectivity index (χ0) is 16.8.